The van der Waals surface area contributed by atoms with Crippen LogP contribution in [0.25, 0.3) is 0 Å². The van der Waals surface area contributed by atoms with E-state index in [1.54, 1.807) is 6.20 Å². The number of fused-ring (bicyclic) bond motifs is 1. The molecule has 26 heavy (non-hydrogen) atoms. The third kappa shape index (κ3) is 7.71. The number of hydrogen-bond acceptors (Lipinski definition) is 6. The van der Waals surface area contributed by atoms with Gasteiger partial charge >= 0.3 is 0 Å². The SMILES string of the molecule is Cc1nccc(NCCN2CCc3ccccc3C2)n1.O=CO.O=CO. The molecule has 0 spiro atoms. The molecule has 1 aliphatic rings. The average molecular weight is 360 g/mol. The molecule has 0 bridgehead atoms. The lowest BCUT2D eigenvalue weighted by Gasteiger charge is -2.28. The van der Waals surface area contributed by atoms with E-state index in [-0.39, 0.29) is 12.9 Å². The van der Waals surface area contributed by atoms with E-state index in [1.807, 2.05) is 13.0 Å². The van der Waals surface area contributed by atoms with Crippen LogP contribution in [0.15, 0.2) is 36.5 Å². The van der Waals surface area contributed by atoms with Crippen LogP contribution in [-0.4, -0.2) is 57.7 Å². The largest absolute Gasteiger partial charge is 0.483 e. The van der Waals surface area contributed by atoms with Crippen LogP contribution in [0.5, 0.6) is 0 Å². The van der Waals surface area contributed by atoms with Crippen LogP contribution in [0.1, 0.15) is 17.0 Å². The summed E-state index contributed by atoms with van der Waals surface area (Å²) in [6, 6.07) is 10.7. The maximum atomic E-state index is 8.36. The first-order chi connectivity index (χ1) is 12.6. The molecule has 3 N–H and O–H groups in total. The summed E-state index contributed by atoms with van der Waals surface area (Å²) in [6.07, 6.45) is 2.95. The van der Waals surface area contributed by atoms with Crippen molar-refractivity contribution in [2.45, 2.75) is 19.9 Å². The highest BCUT2D eigenvalue weighted by molar-refractivity contribution is 5.33. The molecule has 0 atom stereocenters. The van der Waals surface area contributed by atoms with Gasteiger partial charge in [-0.2, -0.15) is 0 Å². The van der Waals surface area contributed by atoms with Gasteiger partial charge in [0.2, 0.25) is 0 Å². The van der Waals surface area contributed by atoms with E-state index >= 15 is 0 Å². The molecule has 3 rings (SSSR count). The second kappa shape index (κ2) is 12.4. The van der Waals surface area contributed by atoms with Crippen molar-refractivity contribution >= 4 is 18.8 Å². The average Bonchev–Trinajstić information content (AvgIpc) is 2.63. The van der Waals surface area contributed by atoms with Crippen molar-refractivity contribution in [2.75, 3.05) is 25.0 Å². The minimum absolute atomic E-state index is 0.250. The summed E-state index contributed by atoms with van der Waals surface area (Å²) >= 11 is 0. The number of carboxylic acid groups (broad SMARTS) is 2. The maximum Gasteiger partial charge on any atom is 0.290 e. The molecule has 0 unspecified atom stereocenters. The number of carbonyl (C=O) groups is 2. The van der Waals surface area contributed by atoms with Gasteiger partial charge in [0, 0.05) is 32.4 Å². The Morgan fingerprint density at radius 3 is 2.46 bits per heavy atom. The standard InChI is InChI=1S/C16H20N4.2CH2O2/c1-13-17-8-6-16(19-13)18-9-11-20-10-7-14-4-2-3-5-15(14)12-20;2*2-1-3/h2-6,8H,7,9-12H2,1H3,(H,17,18,19);2*1H,(H,2,3). The molecule has 0 aliphatic carbocycles. The molecule has 0 saturated heterocycles. The van der Waals surface area contributed by atoms with E-state index in [1.165, 1.54) is 11.1 Å². The summed E-state index contributed by atoms with van der Waals surface area (Å²) < 4.78 is 0. The highest BCUT2D eigenvalue weighted by Crippen LogP contribution is 2.17. The van der Waals surface area contributed by atoms with Gasteiger partial charge in [-0.25, -0.2) is 9.97 Å². The smallest absolute Gasteiger partial charge is 0.290 e. The number of anilines is 1. The van der Waals surface area contributed by atoms with Gasteiger partial charge in [0.15, 0.2) is 0 Å². The van der Waals surface area contributed by atoms with Gasteiger partial charge in [-0.15, -0.1) is 0 Å². The van der Waals surface area contributed by atoms with Gasteiger partial charge in [-0.1, -0.05) is 24.3 Å². The first-order valence-electron chi connectivity index (χ1n) is 8.13. The summed E-state index contributed by atoms with van der Waals surface area (Å²) in [7, 11) is 0. The molecule has 0 fully saturated rings. The second-order valence-electron chi connectivity index (χ2n) is 5.42. The molecule has 1 aromatic heterocycles. The Balaban J connectivity index is 0.000000499. The first kappa shape index (κ1) is 21.0. The van der Waals surface area contributed by atoms with E-state index in [9.17, 15) is 0 Å². The van der Waals surface area contributed by atoms with Crippen LogP contribution < -0.4 is 5.32 Å². The van der Waals surface area contributed by atoms with Gasteiger partial charge < -0.3 is 15.5 Å². The van der Waals surface area contributed by atoms with Gasteiger partial charge in [0.1, 0.15) is 11.6 Å². The van der Waals surface area contributed by atoms with Crippen LogP contribution in [0.4, 0.5) is 5.82 Å². The number of nitrogens with one attached hydrogen (secondary N) is 1. The minimum Gasteiger partial charge on any atom is -0.483 e. The van der Waals surface area contributed by atoms with E-state index in [2.05, 4.69) is 44.5 Å². The Morgan fingerprint density at radius 2 is 1.81 bits per heavy atom. The molecule has 0 saturated carbocycles. The third-order valence-corrected chi connectivity index (χ3v) is 3.72. The fourth-order valence-electron chi connectivity index (χ4n) is 2.64. The summed E-state index contributed by atoms with van der Waals surface area (Å²) in [5.74, 6) is 1.72. The highest BCUT2D eigenvalue weighted by Gasteiger charge is 2.14. The Hall–Kier alpha value is -3.00. The van der Waals surface area contributed by atoms with E-state index in [0.29, 0.717) is 0 Å². The fourth-order valence-corrected chi connectivity index (χ4v) is 2.64. The molecule has 0 amide bonds. The highest BCUT2D eigenvalue weighted by atomic mass is 16.3. The number of hydrogen-bond donors (Lipinski definition) is 3. The van der Waals surface area contributed by atoms with Gasteiger partial charge in [0.05, 0.1) is 0 Å². The number of rotatable bonds is 4. The normalized spacial score (nSPS) is 12.3. The molecular formula is C18H24N4O4. The number of aromatic nitrogens is 2. The summed E-state index contributed by atoms with van der Waals surface area (Å²) in [5.41, 5.74) is 2.97. The quantitative estimate of drug-likeness (QED) is 0.705. The molecule has 1 aliphatic heterocycles. The molecular weight excluding hydrogens is 336 g/mol. The fraction of sp³-hybridized carbons (Fsp3) is 0.333. The molecule has 8 nitrogen and oxygen atoms in total. The maximum absolute atomic E-state index is 8.36. The lowest BCUT2D eigenvalue weighted by Crippen LogP contribution is -2.34. The molecule has 2 heterocycles. The lowest BCUT2D eigenvalue weighted by atomic mass is 10.00. The predicted octanol–water partition coefficient (Wildman–Crippen LogP) is 1.66. The van der Waals surface area contributed by atoms with Crippen LogP contribution >= 0.6 is 0 Å². The zero-order valence-electron chi connectivity index (χ0n) is 14.7. The Labute approximate surface area is 152 Å². The van der Waals surface area contributed by atoms with Crippen molar-refractivity contribution in [3.05, 3.63) is 53.5 Å². The molecule has 2 aromatic rings. The van der Waals surface area contributed by atoms with Crippen molar-refractivity contribution < 1.29 is 19.8 Å². The summed E-state index contributed by atoms with van der Waals surface area (Å²) in [6.45, 7) is 5.56. The summed E-state index contributed by atoms with van der Waals surface area (Å²) in [4.78, 5) is 27.7. The Bertz CT molecular complexity index is 676. The molecule has 1 aromatic carbocycles. The zero-order chi connectivity index (χ0) is 19.2. The monoisotopic (exact) mass is 360 g/mol. The van der Waals surface area contributed by atoms with Crippen molar-refractivity contribution in [3.63, 3.8) is 0 Å². The molecule has 0 radical (unpaired) electrons. The Kier molecular flexibility index (Phi) is 10.0. The van der Waals surface area contributed by atoms with Crippen LogP contribution in [0.2, 0.25) is 0 Å². The van der Waals surface area contributed by atoms with Crippen molar-refractivity contribution in [1.29, 1.82) is 0 Å². The van der Waals surface area contributed by atoms with Crippen LogP contribution in [0.3, 0.4) is 0 Å². The zero-order valence-corrected chi connectivity index (χ0v) is 14.7. The topological polar surface area (TPSA) is 116 Å². The molecule has 8 heteroatoms. The summed E-state index contributed by atoms with van der Waals surface area (Å²) in [5, 5.41) is 17.1. The minimum atomic E-state index is -0.250. The van der Waals surface area contributed by atoms with Crippen molar-refractivity contribution in [2.24, 2.45) is 0 Å². The molecule has 140 valence electrons. The van der Waals surface area contributed by atoms with Gasteiger partial charge in [-0.05, 0) is 30.5 Å². The number of benzene rings is 1. The second-order valence-corrected chi connectivity index (χ2v) is 5.42. The van der Waals surface area contributed by atoms with E-state index < -0.39 is 0 Å². The lowest BCUT2D eigenvalue weighted by molar-refractivity contribution is -0.123. The van der Waals surface area contributed by atoms with E-state index in [4.69, 9.17) is 19.8 Å². The van der Waals surface area contributed by atoms with Gasteiger partial charge in [0.25, 0.3) is 12.9 Å². The van der Waals surface area contributed by atoms with Crippen molar-refractivity contribution in [3.8, 4) is 0 Å². The van der Waals surface area contributed by atoms with E-state index in [0.717, 1.165) is 44.2 Å². The predicted molar refractivity (Wildman–Crippen MR) is 98.1 cm³/mol. The number of aryl methyl sites for hydroxylation is 1. The number of nitrogens with zero attached hydrogens (tertiary/aromatic N) is 3. The third-order valence-electron chi connectivity index (χ3n) is 3.72. The van der Waals surface area contributed by atoms with Crippen LogP contribution in [0, 0.1) is 6.92 Å². The Morgan fingerprint density at radius 1 is 1.15 bits per heavy atom. The van der Waals surface area contributed by atoms with Crippen molar-refractivity contribution in [1.82, 2.24) is 14.9 Å². The van der Waals surface area contributed by atoms with Gasteiger partial charge in [-0.3, -0.25) is 14.5 Å². The first-order valence-corrected chi connectivity index (χ1v) is 8.13. The van der Waals surface area contributed by atoms with Crippen LogP contribution in [-0.2, 0) is 22.6 Å².